The molecule has 0 saturated heterocycles. The number of carbonyl (C=O) groups is 1. The molecule has 2 aromatic rings. The Morgan fingerprint density at radius 2 is 1.36 bits per heavy atom. The number of hydrogen-bond acceptors (Lipinski definition) is 3. The second-order valence-corrected chi connectivity index (χ2v) is 8.04. The van der Waals surface area contributed by atoms with E-state index >= 15 is 0 Å². The monoisotopic (exact) mass is 379 g/mol. The summed E-state index contributed by atoms with van der Waals surface area (Å²) in [5.74, 6) is 1.19. The molecule has 2 aromatic carbocycles. The SMILES string of the molecule is CCOC(=O)CC1CCC(CN(Cc2ccccc2)Cc2ccccc2)CC1. The molecule has 0 amide bonds. The van der Waals surface area contributed by atoms with Gasteiger partial charge in [-0.25, -0.2) is 0 Å². The van der Waals surface area contributed by atoms with Crippen molar-refractivity contribution in [1.29, 1.82) is 0 Å². The summed E-state index contributed by atoms with van der Waals surface area (Å²) in [5.41, 5.74) is 2.74. The molecule has 1 aliphatic carbocycles. The maximum Gasteiger partial charge on any atom is 0.306 e. The van der Waals surface area contributed by atoms with Crippen LogP contribution in [0.1, 0.15) is 50.2 Å². The molecule has 3 rings (SSSR count). The quantitative estimate of drug-likeness (QED) is 0.543. The summed E-state index contributed by atoms with van der Waals surface area (Å²) in [6.07, 6.45) is 5.31. The predicted molar refractivity (Wildman–Crippen MR) is 114 cm³/mol. The van der Waals surface area contributed by atoms with Crippen molar-refractivity contribution in [2.24, 2.45) is 11.8 Å². The fourth-order valence-corrected chi connectivity index (χ4v) is 4.31. The largest absolute Gasteiger partial charge is 0.466 e. The predicted octanol–water partition coefficient (Wildman–Crippen LogP) is 5.45. The third-order valence-corrected chi connectivity index (χ3v) is 5.74. The number of benzene rings is 2. The van der Waals surface area contributed by atoms with Crippen molar-refractivity contribution >= 4 is 5.97 Å². The van der Waals surface area contributed by atoms with Gasteiger partial charge in [0.2, 0.25) is 0 Å². The lowest BCUT2D eigenvalue weighted by Gasteiger charge is -2.32. The van der Waals surface area contributed by atoms with E-state index in [0.29, 0.717) is 24.9 Å². The molecule has 0 bridgehead atoms. The van der Waals surface area contributed by atoms with Gasteiger partial charge >= 0.3 is 5.97 Å². The third-order valence-electron chi connectivity index (χ3n) is 5.74. The Kier molecular flexibility index (Phi) is 8.10. The lowest BCUT2D eigenvalue weighted by molar-refractivity contribution is -0.144. The van der Waals surface area contributed by atoms with Gasteiger partial charge in [0.25, 0.3) is 0 Å². The van der Waals surface area contributed by atoms with Gasteiger partial charge in [-0.05, 0) is 55.6 Å². The Hall–Kier alpha value is -2.13. The van der Waals surface area contributed by atoms with Crippen LogP contribution in [-0.2, 0) is 22.6 Å². The lowest BCUT2D eigenvalue weighted by atomic mass is 9.80. The Morgan fingerprint density at radius 1 is 0.857 bits per heavy atom. The Balaban J connectivity index is 1.55. The molecule has 0 aromatic heterocycles. The van der Waals surface area contributed by atoms with Crippen molar-refractivity contribution in [2.75, 3.05) is 13.2 Å². The van der Waals surface area contributed by atoms with Crippen LogP contribution in [0, 0.1) is 11.8 Å². The summed E-state index contributed by atoms with van der Waals surface area (Å²) in [6, 6.07) is 21.5. The van der Waals surface area contributed by atoms with E-state index in [2.05, 4.69) is 65.6 Å². The topological polar surface area (TPSA) is 29.5 Å². The number of nitrogens with zero attached hydrogens (tertiary/aromatic N) is 1. The highest BCUT2D eigenvalue weighted by molar-refractivity contribution is 5.69. The van der Waals surface area contributed by atoms with E-state index in [4.69, 9.17) is 4.74 Å². The summed E-state index contributed by atoms with van der Waals surface area (Å²) in [6.45, 7) is 5.46. The van der Waals surface area contributed by atoms with E-state index in [0.717, 1.165) is 32.5 Å². The molecular weight excluding hydrogens is 346 g/mol. The summed E-state index contributed by atoms with van der Waals surface area (Å²) >= 11 is 0. The molecule has 1 fully saturated rings. The van der Waals surface area contributed by atoms with Gasteiger partial charge in [0.15, 0.2) is 0 Å². The number of rotatable bonds is 9. The molecule has 28 heavy (non-hydrogen) atoms. The second kappa shape index (κ2) is 11.0. The Labute approximate surface area is 169 Å². The minimum Gasteiger partial charge on any atom is -0.466 e. The van der Waals surface area contributed by atoms with E-state index < -0.39 is 0 Å². The molecule has 0 spiro atoms. The Morgan fingerprint density at radius 3 is 1.86 bits per heavy atom. The van der Waals surface area contributed by atoms with Gasteiger partial charge in [-0.1, -0.05) is 60.7 Å². The van der Waals surface area contributed by atoms with E-state index in [9.17, 15) is 4.79 Å². The van der Waals surface area contributed by atoms with Gasteiger partial charge in [0.05, 0.1) is 6.61 Å². The molecule has 150 valence electrons. The average molecular weight is 380 g/mol. The van der Waals surface area contributed by atoms with Crippen molar-refractivity contribution < 1.29 is 9.53 Å². The van der Waals surface area contributed by atoms with Crippen LogP contribution in [0.15, 0.2) is 60.7 Å². The highest BCUT2D eigenvalue weighted by Crippen LogP contribution is 2.32. The van der Waals surface area contributed by atoms with Crippen molar-refractivity contribution in [3.63, 3.8) is 0 Å². The molecule has 0 aliphatic heterocycles. The van der Waals surface area contributed by atoms with Gasteiger partial charge in [0, 0.05) is 26.1 Å². The minimum absolute atomic E-state index is 0.0271. The fourth-order valence-electron chi connectivity index (χ4n) is 4.31. The van der Waals surface area contributed by atoms with Gasteiger partial charge in [-0.2, -0.15) is 0 Å². The zero-order chi connectivity index (χ0) is 19.6. The van der Waals surface area contributed by atoms with Crippen LogP contribution < -0.4 is 0 Å². The first kappa shape index (κ1) is 20.6. The van der Waals surface area contributed by atoms with E-state index in [-0.39, 0.29) is 5.97 Å². The maximum atomic E-state index is 11.7. The van der Waals surface area contributed by atoms with Crippen LogP contribution in [0.2, 0.25) is 0 Å². The summed E-state index contributed by atoms with van der Waals surface area (Å²) in [4.78, 5) is 14.3. The molecule has 3 heteroatoms. The summed E-state index contributed by atoms with van der Waals surface area (Å²) in [7, 11) is 0. The van der Waals surface area contributed by atoms with E-state index in [1.165, 1.54) is 24.0 Å². The molecule has 3 nitrogen and oxygen atoms in total. The number of carbonyl (C=O) groups excluding carboxylic acids is 1. The van der Waals surface area contributed by atoms with Crippen molar-refractivity contribution in [2.45, 2.75) is 52.1 Å². The van der Waals surface area contributed by atoms with Gasteiger partial charge in [0.1, 0.15) is 0 Å². The number of ether oxygens (including phenoxy) is 1. The van der Waals surface area contributed by atoms with Gasteiger partial charge in [-0.15, -0.1) is 0 Å². The first-order chi connectivity index (χ1) is 13.7. The zero-order valence-electron chi connectivity index (χ0n) is 17.1. The molecular formula is C25H33NO2. The van der Waals surface area contributed by atoms with Crippen molar-refractivity contribution in [3.8, 4) is 0 Å². The van der Waals surface area contributed by atoms with Crippen LogP contribution in [0.25, 0.3) is 0 Å². The molecule has 0 atom stereocenters. The van der Waals surface area contributed by atoms with Crippen molar-refractivity contribution in [3.05, 3.63) is 71.8 Å². The highest BCUT2D eigenvalue weighted by atomic mass is 16.5. The van der Waals surface area contributed by atoms with Crippen LogP contribution in [0.5, 0.6) is 0 Å². The lowest BCUT2D eigenvalue weighted by Crippen LogP contribution is -2.31. The van der Waals surface area contributed by atoms with Crippen LogP contribution >= 0.6 is 0 Å². The molecule has 1 saturated carbocycles. The first-order valence-electron chi connectivity index (χ1n) is 10.7. The summed E-state index contributed by atoms with van der Waals surface area (Å²) < 4.78 is 5.12. The maximum absolute atomic E-state index is 11.7. The molecule has 0 N–H and O–H groups in total. The van der Waals surface area contributed by atoms with Crippen LogP contribution in [0.4, 0.5) is 0 Å². The van der Waals surface area contributed by atoms with E-state index in [1.54, 1.807) is 0 Å². The number of esters is 1. The van der Waals surface area contributed by atoms with Crippen molar-refractivity contribution in [1.82, 2.24) is 4.90 Å². The standard InChI is InChI=1S/C25H33NO2/c1-2-28-25(27)17-21-13-15-24(16-14-21)20-26(18-22-9-5-3-6-10-22)19-23-11-7-4-8-12-23/h3-12,21,24H,2,13-20H2,1H3. The second-order valence-electron chi connectivity index (χ2n) is 8.04. The summed E-state index contributed by atoms with van der Waals surface area (Å²) in [5, 5.41) is 0. The first-order valence-corrected chi connectivity index (χ1v) is 10.7. The average Bonchev–Trinajstić information content (AvgIpc) is 2.71. The number of hydrogen-bond donors (Lipinski definition) is 0. The molecule has 0 radical (unpaired) electrons. The van der Waals surface area contributed by atoms with Crippen LogP contribution in [-0.4, -0.2) is 24.0 Å². The highest BCUT2D eigenvalue weighted by Gasteiger charge is 2.25. The molecule has 1 aliphatic rings. The zero-order valence-corrected chi connectivity index (χ0v) is 17.1. The smallest absolute Gasteiger partial charge is 0.306 e. The normalized spacial score (nSPS) is 19.5. The van der Waals surface area contributed by atoms with Gasteiger partial charge in [-0.3, -0.25) is 9.69 Å². The molecule has 0 unspecified atom stereocenters. The van der Waals surface area contributed by atoms with Gasteiger partial charge < -0.3 is 4.74 Å². The van der Waals surface area contributed by atoms with E-state index in [1.807, 2.05) is 6.92 Å². The minimum atomic E-state index is -0.0271. The van der Waals surface area contributed by atoms with Crippen LogP contribution in [0.3, 0.4) is 0 Å². The fraction of sp³-hybridized carbons (Fsp3) is 0.480. The third kappa shape index (κ3) is 6.79. The molecule has 0 heterocycles. The Bertz CT molecular complexity index is 652.